The van der Waals surface area contributed by atoms with E-state index in [-0.39, 0.29) is 22.5 Å². The zero-order chi connectivity index (χ0) is 15.9. The highest BCUT2D eigenvalue weighted by molar-refractivity contribution is 7.17. The number of hydrogen-bond acceptors (Lipinski definition) is 6. The third-order valence-electron chi connectivity index (χ3n) is 2.91. The van der Waals surface area contributed by atoms with Crippen LogP contribution in [0.25, 0.3) is 0 Å². The molecule has 2 amide bonds. The van der Waals surface area contributed by atoms with Crippen LogP contribution in [-0.2, 0) is 9.53 Å². The van der Waals surface area contributed by atoms with Gasteiger partial charge in [-0.25, -0.2) is 10.5 Å². The van der Waals surface area contributed by atoms with Crippen molar-refractivity contribution in [3.63, 3.8) is 0 Å². The Morgan fingerprint density at radius 3 is 2.73 bits per heavy atom. The molecule has 0 aliphatic rings. The Kier molecular flexibility index (Phi) is 5.59. The zero-order valence-electron chi connectivity index (χ0n) is 11.8. The molecule has 1 aromatic heterocycles. The molecule has 1 heterocycles. The van der Waals surface area contributed by atoms with E-state index in [4.69, 9.17) is 9.94 Å². The van der Waals surface area contributed by atoms with Crippen molar-refractivity contribution in [1.82, 2.24) is 10.5 Å². The fourth-order valence-electron chi connectivity index (χ4n) is 1.86. The molecule has 0 radical (unpaired) electrons. The van der Waals surface area contributed by atoms with Gasteiger partial charge in [-0.2, -0.15) is 0 Å². The molecule has 7 nitrogen and oxygen atoms in total. The first-order valence-electron chi connectivity index (χ1n) is 6.40. The summed E-state index contributed by atoms with van der Waals surface area (Å²) in [4.78, 5) is 27.8. The highest BCUT2D eigenvalue weighted by Crippen LogP contribution is 2.22. The number of nitrogens with one attached hydrogen (secondary N) is 2. The van der Waals surface area contributed by atoms with Gasteiger partial charge in [-0.05, 0) is 5.56 Å². The maximum atomic E-state index is 12.4. The fourth-order valence-corrected chi connectivity index (χ4v) is 2.57. The molecule has 2 aromatic rings. The van der Waals surface area contributed by atoms with Crippen LogP contribution in [0, 0.1) is 0 Å². The smallest absolute Gasteiger partial charge is 0.286 e. The molecule has 2 rings (SSSR count). The van der Waals surface area contributed by atoms with E-state index >= 15 is 0 Å². The van der Waals surface area contributed by atoms with Crippen LogP contribution in [0.5, 0.6) is 0 Å². The molecule has 3 N–H and O–H groups in total. The van der Waals surface area contributed by atoms with E-state index in [0.29, 0.717) is 0 Å². The second-order valence-corrected chi connectivity index (χ2v) is 5.41. The van der Waals surface area contributed by atoms with Crippen LogP contribution in [0.4, 0.5) is 5.13 Å². The van der Waals surface area contributed by atoms with Gasteiger partial charge in [0, 0.05) is 7.11 Å². The SMILES string of the molecule is COCC(C(=O)Nc1ncc(C(=O)NO)s1)c1ccccc1. The van der Waals surface area contributed by atoms with Gasteiger partial charge >= 0.3 is 0 Å². The topological polar surface area (TPSA) is 101 Å². The largest absolute Gasteiger partial charge is 0.384 e. The standard InChI is InChI=1S/C14H15N3O4S/c1-21-8-10(9-5-3-2-4-6-9)12(18)16-14-15-7-11(22-14)13(19)17-20/h2-7,10,20H,8H2,1H3,(H,17,19)(H,15,16,18). The number of aromatic nitrogens is 1. The molecule has 1 aromatic carbocycles. The van der Waals surface area contributed by atoms with E-state index in [1.54, 1.807) is 0 Å². The van der Waals surface area contributed by atoms with Gasteiger partial charge in [-0.1, -0.05) is 41.7 Å². The van der Waals surface area contributed by atoms with Gasteiger partial charge in [-0.3, -0.25) is 14.8 Å². The minimum atomic E-state index is -0.672. The van der Waals surface area contributed by atoms with Crippen molar-refractivity contribution >= 4 is 28.3 Å². The molecule has 8 heteroatoms. The number of anilines is 1. The summed E-state index contributed by atoms with van der Waals surface area (Å²) in [6.07, 6.45) is 1.28. The lowest BCUT2D eigenvalue weighted by atomic mass is 9.99. The van der Waals surface area contributed by atoms with Crippen molar-refractivity contribution in [2.45, 2.75) is 5.92 Å². The summed E-state index contributed by atoms with van der Waals surface area (Å²) in [7, 11) is 1.52. The Morgan fingerprint density at radius 1 is 1.36 bits per heavy atom. The van der Waals surface area contributed by atoms with E-state index in [0.717, 1.165) is 16.9 Å². The molecule has 0 aliphatic heterocycles. The van der Waals surface area contributed by atoms with Crippen LogP contribution >= 0.6 is 11.3 Å². The van der Waals surface area contributed by atoms with Crippen LogP contribution in [0.15, 0.2) is 36.5 Å². The Bertz CT molecular complexity index is 645. The van der Waals surface area contributed by atoms with Crippen LogP contribution in [-0.4, -0.2) is 35.7 Å². The molecular formula is C14H15N3O4S. The summed E-state index contributed by atoms with van der Waals surface area (Å²) >= 11 is 0.969. The van der Waals surface area contributed by atoms with Gasteiger partial charge in [0.1, 0.15) is 4.88 Å². The summed E-state index contributed by atoms with van der Waals surface area (Å²) < 4.78 is 5.10. The molecule has 1 atom stereocenters. The highest BCUT2D eigenvalue weighted by atomic mass is 32.1. The van der Waals surface area contributed by atoms with Crippen molar-refractivity contribution in [3.05, 3.63) is 47.0 Å². The predicted octanol–water partition coefficient (Wildman–Crippen LogP) is 1.63. The minimum Gasteiger partial charge on any atom is -0.384 e. The van der Waals surface area contributed by atoms with Crippen molar-refractivity contribution < 1.29 is 19.5 Å². The van der Waals surface area contributed by atoms with Crippen LogP contribution in [0.3, 0.4) is 0 Å². The first-order valence-corrected chi connectivity index (χ1v) is 7.22. The van der Waals surface area contributed by atoms with Gasteiger partial charge in [0.05, 0.1) is 18.7 Å². The summed E-state index contributed by atoms with van der Waals surface area (Å²) in [5.74, 6) is -1.43. The van der Waals surface area contributed by atoms with Crippen LogP contribution < -0.4 is 10.8 Å². The monoisotopic (exact) mass is 321 g/mol. The summed E-state index contributed by atoms with van der Waals surface area (Å²) in [5, 5.41) is 11.5. The molecular weight excluding hydrogens is 306 g/mol. The third kappa shape index (κ3) is 3.88. The first kappa shape index (κ1) is 16.1. The number of carbonyl (C=O) groups excluding carboxylic acids is 2. The van der Waals surface area contributed by atoms with E-state index < -0.39 is 11.8 Å². The van der Waals surface area contributed by atoms with Crippen LogP contribution in [0.1, 0.15) is 21.2 Å². The Balaban J connectivity index is 2.11. The second-order valence-electron chi connectivity index (χ2n) is 4.38. The molecule has 0 spiro atoms. The number of amides is 2. The maximum Gasteiger partial charge on any atom is 0.286 e. The quantitative estimate of drug-likeness (QED) is 0.554. The lowest BCUT2D eigenvalue weighted by Gasteiger charge is -2.15. The first-order chi connectivity index (χ1) is 10.7. The number of methoxy groups -OCH3 is 1. The zero-order valence-corrected chi connectivity index (χ0v) is 12.6. The number of rotatable bonds is 6. The lowest BCUT2D eigenvalue weighted by Crippen LogP contribution is -2.24. The highest BCUT2D eigenvalue weighted by Gasteiger charge is 2.22. The third-order valence-corrected chi connectivity index (χ3v) is 3.82. The number of ether oxygens (including phenoxy) is 1. The molecule has 0 saturated heterocycles. The number of benzene rings is 1. The molecule has 0 aliphatic carbocycles. The Labute approximate surface area is 130 Å². The van der Waals surface area contributed by atoms with E-state index in [9.17, 15) is 9.59 Å². The molecule has 0 saturated carbocycles. The number of hydrogen-bond donors (Lipinski definition) is 3. The Morgan fingerprint density at radius 2 is 2.09 bits per heavy atom. The fraction of sp³-hybridized carbons (Fsp3) is 0.214. The maximum absolute atomic E-state index is 12.4. The minimum absolute atomic E-state index is 0.195. The molecule has 0 bridgehead atoms. The number of thiazole rings is 1. The summed E-state index contributed by atoms with van der Waals surface area (Å²) in [6.45, 7) is 0.227. The van der Waals surface area contributed by atoms with Gasteiger partial charge in [0.25, 0.3) is 5.91 Å². The predicted molar refractivity (Wildman–Crippen MR) is 81.1 cm³/mol. The Hall–Kier alpha value is -2.29. The van der Waals surface area contributed by atoms with E-state index in [1.807, 2.05) is 30.3 Å². The van der Waals surface area contributed by atoms with Crippen molar-refractivity contribution in [2.24, 2.45) is 0 Å². The van der Waals surface area contributed by atoms with Gasteiger partial charge < -0.3 is 10.1 Å². The summed E-state index contributed by atoms with van der Waals surface area (Å²) in [6, 6.07) is 9.24. The normalized spacial score (nSPS) is 11.7. The lowest BCUT2D eigenvalue weighted by molar-refractivity contribution is -0.118. The number of hydroxylamine groups is 1. The second kappa shape index (κ2) is 7.64. The number of nitrogens with zero attached hydrogens (tertiary/aromatic N) is 1. The average Bonchev–Trinajstić information content (AvgIpc) is 3.01. The molecule has 116 valence electrons. The van der Waals surface area contributed by atoms with E-state index in [2.05, 4.69) is 10.3 Å². The van der Waals surface area contributed by atoms with E-state index in [1.165, 1.54) is 18.8 Å². The summed E-state index contributed by atoms with van der Waals surface area (Å²) in [5.41, 5.74) is 2.34. The van der Waals surface area contributed by atoms with Gasteiger partial charge in [-0.15, -0.1) is 0 Å². The van der Waals surface area contributed by atoms with Gasteiger partial charge in [0.15, 0.2) is 5.13 Å². The molecule has 22 heavy (non-hydrogen) atoms. The van der Waals surface area contributed by atoms with Crippen molar-refractivity contribution in [2.75, 3.05) is 19.0 Å². The molecule has 1 unspecified atom stereocenters. The van der Waals surface area contributed by atoms with Crippen molar-refractivity contribution in [1.29, 1.82) is 0 Å². The number of carbonyl (C=O) groups is 2. The van der Waals surface area contributed by atoms with Gasteiger partial charge in [0.2, 0.25) is 5.91 Å². The average molecular weight is 321 g/mol. The van der Waals surface area contributed by atoms with Crippen LogP contribution in [0.2, 0.25) is 0 Å². The van der Waals surface area contributed by atoms with Crippen molar-refractivity contribution in [3.8, 4) is 0 Å². The molecule has 0 fully saturated rings.